The average Bonchev–Trinajstić information content (AvgIpc) is 3.02. The van der Waals surface area contributed by atoms with Gasteiger partial charge in [0.25, 0.3) is 0 Å². The third kappa shape index (κ3) is 3.65. The molecule has 1 aromatic carbocycles. The second-order valence-electron chi connectivity index (χ2n) is 5.80. The maximum absolute atomic E-state index is 12.0. The van der Waals surface area contributed by atoms with Gasteiger partial charge < -0.3 is 9.73 Å². The SMILES string of the molecule is C[C@H]1C[C@@H]1c1ccc(CCC(=O)Nc2ccc(Cl)c(Cl)c2)o1. The highest BCUT2D eigenvalue weighted by Gasteiger charge is 2.36. The molecule has 2 atom stereocenters. The Kier molecular flexibility index (Phi) is 4.46. The second-order valence-corrected chi connectivity index (χ2v) is 6.62. The van der Waals surface area contributed by atoms with Crippen molar-refractivity contribution in [3.63, 3.8) is 0 Å². The van der Waals surface area contributed by atoms with E-state index in [0.29, 0.717) is 34.5 Å². The van der Waals surface area contributed by atoms with Gasteiger partial charge in [-0.3, -0.25) is 4.79 Å². The summed E-state index contributed by atoms with van der Waals surface area (Å²) in [5.74, 6) is 3.12. The van der Waals surface area contributed by atoms with Crippen molar-refractivity contribution in [2.24, 2.45) is 5.92 Å². The summed E-state index contributed by atoms with van der Waals surface area (Å²) in [6.45, 7) is 2.22. The lowest BCUT2D eigenvalue weighted by molar-refractivity contribution is -0.116. The van der Waals surface area contributed by atoms with E-state index in [0.717, 1.165) is 17.4 Å². The predicted octanol–water partition coefficient (Wildman–Crippen LogP) is 5.28. The molecular weight excluding hydrogens is 321 g/mol. The van der Waals surface area contributed by atoms with Crippen molar-refractivity contribution in [2.45, 2.75) is 32.1 Å². The summed E-state index contributed by atoms with van der Waals surface area (Å²) >= 11 is 11.8. The summed E-state index contributed by atoms with van der Waals surface area (Å²) in [7, 11) is 0. The van der Waals surface area contributed by atoms with E-state index in [4.69, 9.17) is 27.6 Å². The van der Waals surface area contributed by atoms with Crippen LogP contribution in [0.15, 0.2) is 34.7 Å². The number of halogens is 2. The number of aryl methyl sites for hydroxylation is 1. The van der Waals surface area contributed by atoms with E-state index in [1.165, 1.54) is 6.42 Å². The first-order valence-corrected chi connectivity index (χ1v) is 8.12. The van der Waals surface area contributed by atoms with Crippen molar-refractivity contribution in [1.29, 1.82) is 0 Å². The van der Waals surface area contributed by atoms with Crippen LogP contribution in [0.2, 0.25) is 10.0 Å². The van der Waals surface area contributed by atoms with E-state index in [1.54, 1.807) is 18.2 Å². The van der Waals surface area contributed by atoms with E-state index in [1.807, 2.05) is 12.1 Å². The van der Waals surface area contributed by atoms with E-state index < -0.39 is 0 Å². The molecule has 1 aliphatic rings. The van der Waals surface area contributed by atoms with Crippen molar-refractivity contribution in [3.05, 3.63) is 51.9 Å². The molecule has 1 heterocycles. The Labute approximate surface area is 139 Å². The number of rotatable bonds is 5. The molecule has 0 saturated heterocycles. The van der Waals surface area contributed by atoms with Gasteiger partial charge in [-0.05, 0) is 42.7 Å². The Morgan fingerprint density at radius 3 is 2.73 bits per heavy atom. The lowest BCUT2D eigenvalue weighted by Crippen LogP contribution is -2.12. The van der Waals surface area contributed by atoms with Crippen molar-refractivity contribution in [1.82, 2.24) is 0 Å². The number of anilines is 1. The Morgan fingerprint density at radius 2 is 2.05 bits per heavy atom. The van der Waals surface area contributed by atoms with Crippen LogP contribution in [0.25, 0.3) is 0 Å². The third-order valence-corrected chi connectivity index (χ3v) is 4.70. The Balaban J connectivity index is 1.51. The molecule has 1 saturated carbocycles. The molecule has 5 heteroatoms. The van der Waals surface area contributed by atoms with Gasteiger partial charge in [-0.2, -0.15) is 0 Å². The molecule has 3 rings (SSSR count). The number of carbonyl (C=O) groups is 1. The van der Waals surface area contributed by atoms with E-state index >= 15 is 0 Å². The Morgan fingerprint density at radius 1 is 1.27 bits per heavy atom. The largest absolute Gasteiger partial charge is 0.466 e. The molecule has 1 aliphatic carbocycles. The highest BCUT2D eigenvalue weighted by molar-refractivity contribution is 6.42. The fraction of sp³-hybridized carbons (Fsp3) is 0.353. The van der Waals surface area contributed by atoms with Gasteiger partial charge in [-0.1, -0.05) is 30.1 Å². The maximum Gasteiger partial charge on any atom is 0.224 e. The van der Waals surface area contributed by atoms with Crippen LogP contribution in [-0.2, 0) is 11.2 Å². The van der Waals surface area contributed by atoms with Gasteiger partial charge in [0.15, 0.2) is 0 Å². The van der Waals surface area contributed by atoms with Crippen LogP contribution < -0.4 is 5.32 Å². The van der Waals surface area contributed by atoms with Gasteiger partial charge in [0.1, 0.15) is 11.5 Å². The molecular formula is C17H17Cl2NO2. The van der Waals surface area contributed by atoms with E-state index in [2.05, 4.69) is 12.2 Å². The average molecular weight is 338 g/mol. The lowest BCUT2D eigenvalue weighted by Gasteiger charge is -2.05. The fourth-order valence-corrected chi connectivity index (χ4v) is 2.78. The zero-order valence-corrected chi connectivity index (χ0v) is 13.7. The molecule has 0 spiro atoms. The summed E-state index contributed by atoms with van der Waals surface area (Å²) in [4.78, 5) is 12.0. The molecule has 0 unspecified atom stereocenters. The molecule has 0 bridgehead atoms. The van der Waals surface area contributed by atoms with Crippen molar-refractivity contribution < 1.29 is 9.21 Å². The minimum atomic E-state index is -0.0730. The fourth-order valence-electron chi connectivity index (χ4n) is 2.48. The molecule has 1 N–H and O–H groups in total. The van der Waals surface area contributed by atoms with Crippen LogP contribution in [0.1, 0.15) is 37.2 Å². The number of benzene rings is 1. The Hall–Kier alpha value is -1.45. The predicted molar refractivity (Wildman–Crippen MR) is 88.6 cm³/mol. The van der Waals surface area contributed by atoms with Gasteiger partial charge in [0.2, 0.25) is 5.91 Å². The molecule has 1 fully saturated rings. The topological polar surface area (TPSA) is 42.2 Å². The standard InChI is InChI=1S/C17H17Cl2NO2/c1-10-8-13(10)16-6-3-12(22-16)4-7-17(21)20-11-2-5-14(18)15(19)9-11/h2-3,5-6,9-10,13H,4,7-8H2,1H3,(H,20,21)/t10-,13-/m0/s1. The highest BCUT2D eigenvalue weighted by atomic mass is 35.5. The van der Waals surface area contributed by atoms with E-state index in [9.17, 15) is 4.79 Å². The molecule has 116 valence electrons. The summed E-state index contributed by atoms with van der Waals surface area (Å²) in [6, 6.07) is 9.02. The maximum atomic E-state index is 12.0. The van der Waals surface area contributed by atoms with Crippen LogP contribution in [-0.4, -0.2) is 5.91 Å². The summed E-state index contributed by atoms with van der Waals surface area (Å²) < 4.78 is 5.79. The zero-order chi connectivity index (χ0) is 15.7. The Bertz CT molecular complexity index is 696. The number of nitrogens with one attached hydrogen (secondary N) is 1. The molecule has 3 nitrogen and oxygen atoms in total. The van der Waals surface area contributed by atoms with Gasteiger partial charge >= 0.3 is 0 Å². The molecule has 1 amide bonds. The van der Waals surface area contributed by atoms with E-state index in [-0.39, 0.29) is 5.91 Å². The lowest BCUT2D eigenvalue weighted by atomic mass is 10.2. The monoisotopic (exact) mass is 337 g/mol. The number of carbonyl (C=O) groups excluding carboxylic acids is 1. The smallest absolute Gasteiger partial charge is 0.224 e. The molecule has 22 heavy (non-hydrogen) atoms. The molecule has 0 aliphatic heterocycles. The van der Waals surface area contributed by atoms with Crippen LogP contribution in [0.3, 0.4) is 0 Å². The molecule has 0 radical (unpaired) electrons. The van der Waals surface area contributed by atoms with Crippen molar-refractivity contribution in [3.8, 4) is 0 Å². The zero-order valence-electron chi connectivity index (χ0n) is 12.2. The van der Waals surface area contributed by atoms with Crippen LogP contribution in [0.4, 0.5) is 5.69 Å². The van der Waals surface area contributed by atoms with Crippen LogP contribution in [0.5, 0.6) is 0 Å². The summed E-state index contributed by atoms with van der Waals surface area (Å²) in [5.41, 5.74) is 0.645. The number of amides is 1. The first kappa shape index (κ1) is 15.4. The quantitative estimate of drug-likeness (QED) is 0.806. The molecule has 2 aromatic rings. The summed E-state index contributed by atoms with van der Waals surface area (Å²) in [6.07, 6.45) is 2.16. The van der Waals surface area contributed by atoms with Gasteiger partial charge in [-0.25, -0.2) is 0 Å². The van der Waals surface area contributed by atoms with Crippen molar-refractivity contribution >= 4 is 34.8 Å². The molecule has 1 aromatic heterocycles. The summed E-state index contributed by atoms with van der Waals surface area (Å²) in [5, 5.41) is 3.70. The number of furan rings is 1. The third-order valence-electron chi connectivity index (χ3n) is 3.96. The van der Waals surface area contributed by atoms with Gasteiger partial charge in [-0.15, -0.1) is 0 Å². The minimum Gasteiger partial charge on any atom is -0.466 e. The normalized spacial score (nSPS) is 20.0. The van der Waals surface area contributed by atoms with Gasteiger partial charge in [0.05, 0.1) is 10.0 Å². The first-order chi connectivity index (χ1) is 10.5. The number of hydrogen-bond acceptors (Lipinski definition) is 2. The minimum absolute atomic E-state index is 0.0730. The first-order valence-electron chi connectivity index (χ1n) is 7.36. The second kappa shape index (κ2) is 6.35. The van der Waals surface area contributed by atoms with Crippen LogP contribution in [0, 0.1) is 5.92 Å². The van der Waals surface area contributed by atoms with Gasteiger partial charge in [0, 0.05) is 24.4 Å². The van der Waals surface area contributed by atoms with Crippen LogP contribution >= 0.6 is 23.2 Å². The highest BCUT2D eigenvalue weighted by Crippen LogP contribution is 2.47. The number of hydrogen-bond donors (Lipinski definition) is 1. The van der Waals surface area contributed by atoms with Crippen molar-refractivity contribution in [2.75, 3.05) is 5.32 Å².